The Kier molecular flexibility index (Phi) is 10.4. The molecule has 290 valence electrons. The molecule has 0 aromatic carbocycles. The summed E-state index contributed by atoms with van der Waals surface area (Å²) in [5.74, 6) is -1.09. The molecule has 5 fully saturated rings. The first-order valence-corrected chi connectivity index (χ1v) is 17.8. The van der Waals surface area contributed by atoms with E-state index in [1.54, 1.807) is 13.0 Å². The third kappa shape index (κ3) is 5.46. The smallest absolute Gasteiger partial charge is 0.351 e. The number of carbonyl (C=O) groups excluding carboxylic acids is 2. The van der Waals surface area contributed by atoms with Crippen molar-refractivity contribution in [3.63, 3.8) is 0 Å². The van der Waals surface area contributed by atoms with E-state index in [0.29, 0.717) is 25.7 Å². The van der Waals surface area contributed by atoms with Crippen LogP contribution >= 0.6 is 0 Å². The van der Waals surface area contributed by atoms with E-state index in [1.165, 1.54) is 12.3 Å². The fourth-order valence-corrected chi connectivity index (χ4v) is 11.0. The molecule has 52 heavy (non-hydrogen) atoms. The molecule has 1 aromatic rings. The molecule has 0 radical (unpaired) electrons. The van der Waals surface area contributed by atoms with Crippen LogP contribution in [0.15, 0.2) is 28.7 Å². The highest BCUT2D eigenvalue weighted by atomic mass is 16.6. The molecule has 3 heterocycles. The molecule has 17 nitrogen and oxygen atoms in total. The molecule has 2 saturated heterocycles. The van der Waals surface area contributed by atoms with E-state index in [4.69, 9.17) is 20.3 Å². The van der Waals surface area contributed by atoms with Crippen LogP contribution in [0.4, 0.5) is 5.82 Å². The highest BCUT2D eigenvalue weighted by Crippen LogP contribution is 2.74. The summed E-state index contributed by atoms with van der Waals surface area (Å²) in [7, 11) is 0. The van der Waals surface area contributed by atoms with Gasteiger partial charge in [0.1, 0.15) is 54.6 Å². The van der Waals surface area contributed by atoms with E-state index >= 15 is 0 Å². The van der Waals surface area contributed by atoms with Crippen molar-refractivity contribution in [3.8, 4) is 0 Å². The van der Waals surface area contributed by atoms with Crippen LogP contribution in [0.2, 0.25) is 0 Å². The van der Waals surface area contributed by atoms with E-state index in [9.17, 15) is 55.2 Å². The summed E-state index contributed by atoms with van der Waals surface area (Å²) < 4.78 is 12.3. The number of nitrogens with two attached hydrogens (primary N) is 1. The van der Waals surface area contributed by atoms with Crippen LogP contribution < -0.4 is 11.4 Å². The summed E-state index contributed by atoms with van der Waals surface area (Å²) in [5, 5.41) is 93.1. The monoisotopic (exact) mass is 737 g/mol. The van der Waals surface area contributed by atoms with Gasteiger partial charge in [0.25, 0.3) is 0 Å². The van der Waals surface area contributed by atoms with Gasteiger partial charge < -0.3 is 61.2 Å². The van der Waals surface area contributed by atoms with E-state index in [1.807, 2.05) is 6.92 Å². The minimum absolute atomic E-state index is 0.0196. The summed E-state index contributed by atoms with van der Waals surface area (Å²) in [5.41, 5.74) is 0.903. The van der Waals surface area contributed by atoms with Gasteiger partial charge in [-0.05, 0) is 62.5 Å². The Balaban J connectivity index is 0.000000229. The number of hydrogen-bond acceptors (Lipinski definition) is 16. The predicted octanol–water partition coefficient (Wildman–Crippen LogP) is -2.93. The maximum atomic E-state index is 12.7. The van der Waals surface area contributed by atoms with Crippen molar-refractivity contribution in [1.82, 2.24) is 9.55 Å². The molecule has 0 bridgehead atoms. The lowest BCUT2D eigenvalue weighted by molar-refractivity contribution is -0.269. The van der Waals surface area contributed by atoms with Crippen LogP contribution in [0.25, 0.3) is 0 Å². The molecule has 1 aromatic heterocycles. The third-order valence-corrected chi connectivity index (χ3v) is 13.7. The fraction of sp³-hybridized carbons (Fsp3) is 0.771. The van der Waals surface area contributed by atoms with Crippen molar-refractivity contribution < 1.29 is 65.0 Å². The van der Waals surface area contributed by atoms with Crippen molar-refractivity contribution in [3.05, 3.63) is 34.4 Å². The number of anilines is 1. The Labute approximate surface area is 299 Å². The van der Waals surface area contributed by atoms with Crippen molar-refractivity contribution in [2.45, 2.75) is 119 Å². The molecule has 4 aliphatic carbocycles. The Bertz CT molecular complexity index is 1640. The van der Waals surface area contributed by atoms with Gasteiger partial charge >= 0.3 is 5.69 Å². The van der Waals surface area contributed by atoms with Crippen LogP contribution in [0.5, 0.6) is 0 Å². The predicted molar refractivity (Wildman–Crippen MR) is 178 cm³/mol. The number of carbonyl (C=O) groups is 2. The zero-order chi connectivity index (χ0) is 38.1. The number of ketones is 2. The van der Waals surface area contributed by atoms with Crippen LogP contribution in [0.3, 0.4) is 0 Å². The van der Waals surface area contributed by atoms with Crippen LogP contribution in [-0.2, 0) is 19.1 Å². The summed E-state index contributed by atoms with van der Waals surface area (Å²) in [6, 6.07) is 1.37. The number of allylic oxidation sites excluding steroid dienone is 1. The van der Waals surface area contributed by atoms with E-state index < -0.39 is 108 Å². The quantitative estimate of drug-likeness (QED) is 0.140. The van der Waals surface area contributed by atoms with Gasteiger partial charge in [0.2, 0.25) is 0 Å². The number of nitrogens with zero attached hydrogens (tertiary/aromatic N) is 2. The molecule has 3 saturated carbocycles. The largest absolute Gasteiger partial charge is 0.394 e. The van der Waals surface area contributed by atoms with Crippen molar-refractivity contribution in [2.24, 2.45) is 28.1 Å². The summed E-state index contributed by atoms with van der Waals surface area (Å²) in [6.07, 6.45) is -4.86. The average Bonchev–Trinajstić information content (AvgIpc) is 3.67. The number of fused-ring (bicyclic) bond motifs is 5. The molecule has 11 N–H and O–H groups in total. The number of rotatable bonds is 6. The van der Waals surface area contributed by atoms with Crippen LogP contribution in [0, 0.1) is 28.1 Å². The maximum absolute atomic E-state index is 12.7. The average molecular weight is 738 g/mol. The van der Waals surface area contributed by atoms with Gasteiger partial charge in [-0.3, -0.25) is 14.2 Å². The molecule has 15 atom stereocenters. The van der Waals surface area contributed by atoms with Crippen molar-refractivity contribution >= 4 is 17.4 Å². The SMILES string of the molecule is C[C@]12CCC(=O)C=C1CC[C@H]1[C@@H]3CC[C@](O)(C(=O)CO)[C@@]3(C)C[C@H](O)[C@@]12[C@H]1O[C@@H](CO)[C@H](O)[C@H]1O.Nc1ccn(C2OC(CO)C(O)C2O)c(=O)n1. The van der Waals surface area contributed by atoms with Gasteiger partial charge in [-0.25, -0.2) is 4.79 Å². The Morgan fingerprint density at radius 3 is 2.17 bits per heavy atom. The number of aliphatic hydroxyl groups is 9. The van der Waals surface area contributed by atoms with Gasteiger partial charge in [0.15, 0.2) is 17.8 Å². The lowest BCUT2D eigenvalue weighted by atomic mass is 9.36. The second-order valence-electron chi connectivity index (χ2n) is 15.8. The lowest BCUT2D eigenvalue weighted by Crippen LogP contribution is -2.72. The number of aromatic nitrogens is 2. The Morgan fingerprint density at radius 1 is 0.923 bits per heavy atom. The molecule has 4 unspecified atom stereocenters. The highest BCUT2D eigenvalue weighted by Gasteiger charge is 2.77. The standard InChI is InChI=1S/C26H38O9.C9H13N3O5/c1-23-7-5-14(29)9-13(23)3-4-16-15-6-8-25(34,19(31)12-28)24(15,2)10-18(30)26(16,23)22-21(33)20(32)17(11-27)35-22;10-5-1-2-12(9(16)11-5)8-7(15)6(14)4(3-13)17-8/h9,15-18,20-22,27-28,30,32-34H,3-8,10-12H2,1-2H3;1-2,4,6-8,13-15H,3H2,(H2,10,11,16)/t15-,16-,17-,18-,20-,21+,22-,23-,24-,25-,26+;/m0./s1. The lowest BCUT2D eigenvalue weighted by Gasteiger charge is -2.69. The molecule has 0 amide bonds. The molecule has 7 rings (SSSR count). The first-order valence-electron chi connectivity index (χ1n) is 17.8. The van der Waals surface area contributed by atoms with Gasteiger partial charge in [0.05, 0.1) is 25.4 Å². The molecule has 0 spiro atoms. The van der Waals surface area contributed by atoms with E-state index in [0.717, 1.165) is 10.1 Å². The van der Waals surface area contributed by atoms with Gasteiger partial charge in [-0.15, -0.1) is 0 Å². The second-order valence-corrected chi connectivity index (χ2v) is 15.8. The summed E-state index contributed by atoms with van der Waals surface area (Å²) in [6.45, 7) is 2.08. The van der Waals surface area contributed by atoms with E-state index in [2.05, 4.69) is 4.98 Å². The van der Waals surface area contributed by atoms with Crippen LogP contribution in [0.1, 0.15) is 65.0 Å². The molecule has 17 heteroatoms. The molecule has 2 aliphatic heterocycles. The van der Waals surface area contributed by atoms with Crippen molar-refractivity contribution in [1.29, 1.82) is 0 Å². The minimum atomic E-state index is -1.78. The molecular weight excluding hydrogens is 686 g/mol. The number of Topliss-reactive ketones (excluding diaryl/α,β-unsaturated/α-hetero) is 1. The van der Waals surface area contributed by atoms with E-state index in [-0.39, 0.29) is 42.7 Å². The number of hydrogen-bond donors (Lipinski definition) is 10. The minimum Gasteiger partial charge on any atom is -0.394 e. The molecule has 6 aliphatic rings. The number of nitrogen functional groups attached to an aromatic ring is 1. The zero-order valence-electron chi connectivity index (χ0n) is 29.2. The van der Waals surface area contributed by atoms with Crippen LogP contribution in [-0.4, -0.2) is 141 Å². The highest BCUT2D eigenvalue weighted by molar-refractivity contribution is 5.92. The zero-order valence-corrected chi connectivity index (χ0v) is 29.2. The molecular formula is C35H51N3O14. The fourth-order valence-electron chi connectivity index (χ4n) is 11.0. The van der Waals surface area contributed by atoms with Gasteiger partial charge in [-0.2, -0.15) is 4.98 Å². The normalized spacial score (nSPS) is 46.8. The summed E-state index contributed by atoms with van der Waals surface area (Å²) >= 11 is 0. The topological polar surface area (TPSA) is 296 Å². The number of ether oxygens (including phenoxy) is 2. The summed E-state index contributed by atoms with van der Waals surface area (Å²) in [4.78, 5) is 40.1. The van der Waals surface area contributed by atoms with Crippen molar-refractivity contribution in [2.75, 3.05) is 25.6 Å². The Morgan fingerprint density at radius 2 is 1.58 bits per heavy atom. The second kappa shape index (κ2) is 13.9. The number of aliphatic hydroxyl groups excluding tert-OH is 8. The third-order valence-electron chi connectivity index (χ3n) is 13.7. The maximum Gasteiger partial charge on any atom is 0.351 e. The Hall–Kier alpha value is -2.68. The van der Waals surface area contributed by atoms with Gasteiger partial charge in [0, 0.05) is 28.9 Å². The first-order chi connectivity index (χ1) is 24.5. The first kappa shape index (κ1) is 39.0. The van der Waals surface area contributed by atoms with Gasteiger partial charge in [-0.1, -0.05) is 19.4 Å².